The van der Waals surface area contributed by atoms with Crippen LogP contribution in [-0.4, -0.2) is 23.1 Å². The van der Waals surface area contributed by atoms with Gasteiger partial charge in [0.1, 0.15) is 0 Å². The lowest BCUT2D eigenvalue weighted by Gasteiger charge is -2.20. The van der Waals surface area contributed by atoms with Gasteiger partial charge < -0.3 is 15.2 Å². The fourth-order valence-electron chi connectivity index (χ4n) is 2.86. The molecule has 0 saturated heterocycles. The first-order valence-corrected chi connectivity index (χ1v) is 9.65. The quantitative estimate of drug-likeness (QED) is 0.827. The van der Waals surface area contributed by atoms with Gasteiger partial charge in [0.2, 0.25) is 5.91 Å². The van der Waals surface area contributed by atoms with Crippen LogP contribution in [-0.2, 0) is 40.2 Å². The normalized spacial score (nSPS) is 15.4. The molecular formula is C20H25NO4S. The number of hydrogen-bond acceptors (Lipinski definition) is 4. The zero-order valence-corrected chi connectivity index (χ0v) is 16.2. The molecule has 26 heavy (non-hydrogen) atoms. The molecule has 5 nitrogen and oxygen atoms in total. The van der Waals surface area contributed by atoms with Crippen molar-refractivity contribution in [3.63, 3.8) is 0 Å². The smallest absolute Gasteiger partial charge is 0.307 e. The lowest BCUT2D eigenvalue weighted by atomic mass is 10.00. The number of benzene rings is 1. The van der Waals surface area contributed by atoms with Crippen molar-refractivity contribution in [2.75, 3.05) is 5.32 Å². The first kappa shape index (κ1) is 20.1. The van der Waals surface area contributed by atoms with E-state index in [9.17, 15) is 14.7 Å². The maximum absolute atomic E-state index is 12.3. The SMILES string of the molecule is CC.CC1Cc2c(sc(NC(=O)Cc3ccccc3)c2CC(=O)O)CO1. The molecule has 0 saturated carbocycles. The Morgan fingerprint density at radius 1 is 1.23 bits per heavy atom. The molecule has 0 bridgehead atoms. The van der Waals surface area contributed by atoms with E-state index in [0.717, 1.165) is 21.6 Å². The van der Waals surface area contributed by atoms with Crippen molar-refractivity contribution in [1.82, 2.24) is 0 Å². The van der Waals surface area contributed by atoms with Crippen LogP contribution in [0.5, 0.6) is 0 Å². The molecule has 1 aliphatic heterocycles. The lowest BCUT2D eigenvalue weighted by molar-refractivity contribution is -0.136. The van der Waals surface area contributed by atoms with Crippen molar-refractivity contribution >= 4 is 28.2 Å². The molecule has 0 aliphatic carbocycles. The summed E-state index contributed by atoms with van der Waals surface area (Å²) in [6.45, 7) is 6.45. The summed E-state index contributed by atoms with van der Waals surface area (Å²) in [4.78, 5) is 24.6. The van der Waals surface area contributed by atoms with Crippen LogP contribution < -0.4 is 5.32 Å². The average Bonchev–Trinajstić information content (AvgIpc) is 2.93. The van der Waals surface area contributed by atoms with Gasteiger partial charge in [-0.2, -0.15) is 0 Å². The fraction of sp³-hybridized carbons (Fsp3) is 0.400. The molecule has 1 aliphatic rings. The lowest BCUT2D eigenvalue weighted by Crippen LogP contribution is -2.19. The average molecular weight is 375 g/mol. The van der Waals surface area contributed by atoms with E-state index in [4.69, 9.17) is 4.74 Å². The van der Waals surface area contributed by atoms with Crippen molar-refractivity contribution in [2.45, 2.75) is 52.7 Å². The topological polar surface area (TPSA) is 75.6 Å². The monoisotopic (exact) mass is 375 g/mol. The van der Waals surface area contributed by atoms with Crippen molar-refractivity contribution in [2.24, 2.45) is 0 Å². The summed E-state index contributed by atoms with van der Waals surface area (Å²) in [6.07, 6.45) is 0.929. The Balaban J connectivity index is 0.00000117. The van der Waals surface area contributed by atoms with Crippen LogP contribution in [0, 0.1) is 0 Å². The third-order valence-electron chi connectivity index (χ3n) is 3.98. The fourth-order valence-corrected chi connectivity index (χ4v) is 4.05. The van der Waals surface area contributed by atoms with Gasteiger partial charge in [-0.05, 0) is 24.5 Å². The van der Waals surface area contributed by atoms with Gasteiger partial charge in [0, 0.05) is 10.4 Å². The minimum absolute atomic E-state index is 0.0625. The Morgan fingerprint density at radius 2 is 1.92 bits per heavy atom. The summed E-state index contributed by atoms with van der Waals surface area (Å²) in [6, 6.07) is 9.47. The zero-order valence-electron chi connectivity index (χ0n) is 15.4. The van der Waals surface area contributed by atoms with Gasteiger partial charge in [-0.3, -0.25) is 9.59 Å². The second-order valence-corrected chi connectivity index (χ2v) is 7.02. The number of anilines is 1. The molecular weight excluding hydrogens is 350 g/mol. The molecule has 6 heteroatoms. The maximum atomic E-state index is 12.3. The summed E-state index contributed by atoms with van der Waals surface area (Å²) in [5, 5.41) is 12.7. The molecule has 1 aromatic carbocycles. The second kappa shape index (κ2) is 9.50. The Morgan fingerprint density at radius 3 is 2.58 bits per heavy atom. The number of thiophene rings is 1. The number of carboxylic acids is 1. The van der Waals surface area contributed by atoms with Crippen LogP contribution in [0.3, 0.4) is 0 Å². The number of ether oxygens (including phenoxy) is 1. The molecule has 1 atom stereocenters. The van der Waals surface area contributed by atoms with Crippen LogP contribution >= 0.6 is 11.3 Å². The maximum Gasteiger partial charge on any atom is 0.307 e. The van der Waals surface area contributed by atoms with Gasteiger partial charge in [-0.1, -0.05) is 44.2 Å². The molecule has 0 spiro atoms. The van der Waals surface area contributed by atoms with Crippen LogP contribution in [0.15, 0.2) is 30.3 Å². The van der Waals surface area contributed by atoms with Crippen LogP contribution in [0.25, 0.3) is 0 Å². The summed E-state index contributed by atoms with van der Waals surface area (Å²) in [5.74, 6) is -1.03. The highest BCUT2D eigenvalue weighted by atomic mass is 32.1. The van der Waals surface area contributed by atoms with Crippen molar-refractivity contribution in [3.8, 4) is 0 Å². The van der Waals surface area contributed by atoms with Gasteiger partial charge in [0.05, 0.1) is 30.6 Å². The molecule has 2 aromatic rings. The van der Waals surface area contributed by atoms with Crippen molar-refractivity contribution < 1.29 is 19.4 Å². The van der Waals surface area contributed by atoms with Crippen molar-refractivity contribution in [3.05, 3.63) is 51.9 Å². The third-order valence-corrected chi connectivity index (χ3v) is 5.14. The number of amides is 1. The van der Waals surface area contributed by atoms with Crippen LogP contribution in [0.1, 0.15) is 42.3 Å². The first-order valence-electron chi connectivity index (χ1n) is 8.83. The van der Waals surface area contributed by atoms with E-state index in [-0.39, 0.29) is 24.9 Å². The highest BCUT2D eigenvalue weighted by molar-refractivity contribution is 7.16. The number of carboxylic acid groups (broad SMARTS) is 1. The van der Waals surface area contributed by atoms with E-state index < -0.39 is 5.97 Å². The highest BCUT2D eigenvalue weighted by Crippen LogP contribution is 2.38. The standard InChI is InChI=1S/C18H19NO4S.C2H6/c1-11-7-13-14(9-17(21)22)18(24-15(13)10-23-11)19-16(20)8-12-5-3-2-4-6-12;1-2/h2-6,11H,7-10H2,1H3,(H,19,20)(H,21,22);1-2H3. The van der Waals surface area contributed by atoms with Gasteiger partial charge in [0.25, 0.3) is 0 Å². The molecule has 1 aromatic heterocycles. The number of aliphatic carboxylic acids is 1. The van der Waals surface area contributed by atoms with E-state index in [1.807, 2.05) is 51.1 Å². The Hall–Kier alpha value is -2.18. The third kappa shape index (κ3) is 5.16. The Bertz CT molecular complexity index is 755. The highest BCUT2D eigenvalue weighted by Gasteiger charge is 2.26. The molecule has 2 N–H and O–H groups in total. The molecule has 3 rings (SSSR count). The number of carbonyl (C=O) groups excluding carboxylic acids is 1. The van der Waals surface area contributed by atoms with E-state index in [2.05, 4.69) is 5.32 Å². The number of carbonyl (C=O) groups is 2. The Labute approximate surface area is 158 Å². The molecule has 0 radical (unpaired) electrons. The molecule has 1 amide bonds. The largest absolute Gasteiger partial charge is 0.481 e. The summed E-state index contributed by atoms with van der Waals surface area (Å²) >= 11 is 1.42. The van der Waals surface area contributed by atoms with Crippen molar-refractivity contribution in [1.29, 1.82) is 0 Å². The molecule has 140 valence electrons. The van der Waals surface area contributed by atoms with Crippen LogP contribution in [0.4, 0.5) is 5.00 Å². The number of rotatable bonds is 5. The van der Waals surface area contributed by atoms with Gasteiger partial charge in [0.15, 0.2) is 0 Å². The number of fused-ring (bicyclic) bond motifs is 1. The van der Waals surface area contributed by atoms with Gasteiger partial charge >= 0.3 is 5.97 Å². The zero-order chi connectivity index (χ0) is 19.1. The van der Waals surface area contributed by atoms with E-state index in [1.54, 1.807) is 0 Å². The summed E-state index contributed by atoms with van der Waals surface area (Å²) in [7, 11) is 0. The predicted molar refractivity (Wildman–Crippen MR) is 104 cm³/mol. The Kier molecular flexibility index (Phi) is 7.36. The van der Waals surface area contributed by atoms with Gasteiger partial charge in [-0.15, -0.1) is 11.3 Å². The summed E-state index contributed by atoms with van der Waals surface area (Å²) < 4.78 is 5.63. The number of hydrogen-bond donors (Lipinski definition) is 2. The first-order chi connectivity index (χ1) is 12.5. The summed E-state index contributed by atoms with van der Waals surface area (Å²) in [5.41, 5.74) is 2.67. The molecule has 2 heterocycles. The second-order valence-electron chi connectivity index (χ2n) is 5.92. The van der Waals surface area contributed by atoms with Crippen LogP contribution in [0.2, 0.25) is 0 Å². The molecule has 0 fully saturated rings. The predicted octanol–water partition coefficient (Wildman–Crippen LogP) is 4.04. The number of nitrogens with one attached hydrogen (secondary N) is 1. The van der Waals surface area contributed by atoms with E-state index in [0.29, 0.717) is 18.0 Å². The minimum atomic E-state index is -0.895. The van der Waals surface area contributed by atoms with E-state index in [1.165, 1.54) is 11.3 Å². The molecule has 1 unspecified atom stereocenters. The van der Waals surface area contributed by atoms with Gasteiger partial charge in [-0.25, -0.2) is 0 Å². The minimum Gasteiger partial charge on any atom is -0.481 e. The van der Waals surface area contributed by atoms with E-state index >= 15 is 0 Å².